The van der Waals surface area contributed by atoms with Crippen LogP contribution >= 0.6 is 11.6 Å². The monoisotopic (exact) mass is 425 g/mol. The Kier molecular flexibility index (Phi) is 6.07. The molecule has 1 aromatic heterocycles. The standard InChI is InChI=1S/C18H20ClN3O5S/c1-26-15-5-4-14(11-16(15)27-2)28(24,25)22-9-7-21(8-10-22)18(23)13-3-6-17(19)20-12-13/h3-6,11-12H,7-10H2,1-2H3. The highest BCUT2D eigenvalue weighted by molar-refractivity contribution is 7.89. The fourth-order valence-corrected chi connectivity index (χ4v) is 4.49. The number of rotatable bonds is 5. The largest absolute Gasteiger partial charge is 0.493 e. The van der Waals surface area contributed by atoms with Crippen LogP contribution in [0.3, 0.4) is 0 Å². The fourth-order valence-electron chi connectivity index (χ4n) is 2.94. The summed E-state index contributed by atoms with van der Waals surface area (Å²) in [5.41, 5.74) is 0.417. The van der Waals surface area contributed by atoms with Crippen LogP contribution in [-0.2, 0) is 10.0 Å². The Balaban J connectivity index is 1.71. The van der Waals surface area contributed by atoms with Gasteiger partial charge in [0, 0.05) is 38.4 Å². The van der Waals surface area contributed by atoms with Crippen LogP contribution in [0.4, 0.5) is 0 Å². The van der Waals surface area contributed by atoms with Crippen molar-refractivity contribution in [2.24, 2.45) is 0 Å². The van der Waals surface area contributed by atoms with E-state index in [-0.39, 0.29) is 37.0 Å². The van der Waals surface area contributed by atoms with Gasteiger partial charge in [-0.1, -0.05) is 11.6 Å². The van der Waals surface area contributed by atoms with E-state index in [1.54, 1.807) is 23.1 Å². The summed E-state index contributed by atoms with van der Waals surface area (Å²) in [7, 11) is -0.776. The number of halogens is 1. The molecule has 1 aliphatic rings. The number of sulfonamides is 1. The molecule has 0 atom stereocenters. The van der Waals surface area contributed by atoms with Gasteiger partial charge in [-0.2, -0.15) is 4.31 Å². The first-order chi connectivity index (χ1) is 13.4. The Hall–Kier alpha value is -2.36. The second-order valence-electron chi connectivity index (χ2n) is 6.08. The summed E-state index contributed by atoms with van der Waals surface area (Å²) in [5.74, 6) is 0.591. The summed E-state index contributed by atoms with van der Waals surface area (Å²) in [6.07, 6.45) is 1.41. The number of pyridine rings is 1. The second kappa shape index (κ2) is 8.34. The molecule has 0 N–H and O–H groups in total. The van der Waals surface area contributed by atoms with Crippen molar-refractivity contribution in [2.45, 2.75) is 4.90 Å². The lowest BCUT2D eigenvalue weighted by atomic mass is 10.2. The minimum absolute atomic E-state index is 0.117. The van der Waals surface area contributed by atoms with Crippen molar-refractivity contribution in [1.82, 2.24) is 14.2 Å². The average molecular weight is 426 g/mol. The Labute approximate surface area is 168 Å². The van der Waals surface area contributed by atoms with Gasteiger partial charge in [0.2, 0.25) is 10.0 Å². The molecule has 150 valence electrons. The first-order valence-electron chi connectivity index (χ1n) is 8.50. The van der Waals surface area contributed by atoms with E-state index in [9.17, 15) is 13.2 Å². The van der Waals surface area contributed by atoms with Crippen LogP contribution in [-0.4, -0.2) is 68.9 Å². The molecule has 1 saturated heterocycles. The number of nitrogens with zero attached hydrogens (tertiary/aromatic N) is 3. The number of carbonyl (C=O) groups is 1. The molecule has 0 radical (unpaired) electrons. The SMILES string of the molecule is COc1ccc(S(=O)(=O)N2CCN(C(=O)c3ccc(Cl)nc3)CC2)cc1OC. The van der Waals surface area contributed by atoms with E-state index in [4.69, 9.17) is 21.1 Å². The van der Waals surface area contributed by atoms with E-state index in [1.807, 2.05) is 0 Å². The molecule has 0 aliphatic carbocycles. The van der Waals surface area contributed by atoms with Gasteiger partial charge in [0.15, 0.2) is 11.5 Å². The van der Waals surface area contributed by atoms with Crippen LogP contribution < -0.4 is 9.47 Å². The van der Waals surface area contributed by atoms with Crippen LogP contribution in [0.2, 0.25) is 5.15 Å². The van der Waals surface area contributed by atoms with Crippen LogP contribution in [0.15, 0.2) is 41.4 Å². The van der Waals surface area contributed by atoms with Gasteiger partial charge >= 0.3 is 0 Å². The highest BCUT2D eigenvalue weighted by Gasteiger charge is 2.31. The summed E-state index contributed by atoms with van der Waals surface area (Å²) in [6, 6.07) is 7.62. The third-order valence-electron chi connectivity index (χ3n) is 4.49. The predicted octanol–water partition coefficient (Wildman–Crippen LogP) is 1.90. The maximum atomic E-state index is 12.9. The first-order valence-corrected chi connectivity index (χ1v) is 10.3. The molecule has 0 bridgehead atoms. The van der Waals surface area contributed by atoms with Gasteiger partial charge in [-0.3, -0.25) is 4.79 Å². The van der Waals surface area contributed by atoms with Crippen molar-refractivity contribution in [2.75, 3.05) is 40.4 Å². The molecule has 2 heterocycles. The molecule has 0 saturated carbocycles. The molecule has 1 fully saturated rings. The zero-order valence-corrected chi connectivity index (χ0v) is 17.0. The van der Waals surface area contributed by atoms with E-state index in [0.717, 1.165) is 0 Å². The molecule has 8 nitrogen and oxygen atoms in total. The van der Waals surface area contributed by atoms with Crippen LogP contribution in [0.1, 0.15) is 10.4 Å². The van der Waals surface area contributed by atoms with E-state index >= 15 is 0 Å². The van der Waals surface area contributed by atoms with Crippen LogP contribution in [0.5, 0.6) is 11.5 Å². The number of hydrogen-bond acceptors (Lipinski definition) is 6. The van der Waals surface area contributed by atoms with Crippen LogP contribution in [0, 0.1) is 0 Å². The summed E-state index contributed by atoms with van der Waals surface area (Å²) in [5, 5.41) is 0.308. The molecule has 2 aromatic rings. The van der Waals surface area contributed by atoms with E-state index < -0.39 is 10.0 Å². The Bertz CT molecular complexity index is 958. The summed E-state index contributed by atoms with van der Waals surface area (Å²) in [6.45, 7) is 0.967. The maximum absolute atomic E-state index is 12.9. The number of methoxy groups -OCH3 is 2. The Morgan fingerprint density at radius 2 is 1.71 bits per heavy atom. The minimum atomic E-state index is -3.71. The molecule has 1 amide bonds. The highest BCUT2D eigenvalue weighted by atomic mass is 35.5. The first kappa shape index (κ1) is 20.4. The summed E-state index contributed by atoms with van der Waals surface area (Å²) >= 11 is 5.74. The lowest BCUT2D eigenvalue weighted by molar-refractivity contribution is 0.0697. The van der Waals surface area contributed by atoms with Crippen molar-refractivity contribution in [3.05, 3.63) is 47.2 Å². The third kappa shape index (κ3) is 4.06. The second-order valence-corrected chi connectivity index (χ2v) is 8.41. The topological polar surface area (TPSA) is 89.0 Å². The molecule has 3 rings (SSSR count). The van der Waals surface area contributed by atoms with Crippen LogP contribution in [0.25, 0.3) is 0 Å². The van der Waals surface area contributed by atoms with Gasteiger partial charge in [0.1, 0.15) is 5.15 Å². The highest BCUT2D eigenvalue weighted by Crippen LogP contribution is 2.31. The lowest BCUT2D eigenvalue weighted by Gasteiger charge is -2.34. The zero-order chi connectivity index (χ0) is 20.3. The van der Waals surface area contributed by atoms with E-state index in [2.05, 4.69) is 4.98 Å². The fraction of sp³-hybridized carbons (Fsp3) is 0.333. The molecule has 1 aromatic carbocycles. The van der Waals surface area contributed by atoms with Gasteiger partial charge in [-0.05, 0) is 24.3 Å². The molecule has 10 heteroatoms. The molecule has 1 aliphatic heterocycles. The number of ether oxygens (including phenoxy) is 2. The van der Waals surface area contributed by atoms with E-state index in [1.165, 1.54) is 36.9 Å². The van der Waals surface area contributed by atoms with E-state index in [0.29, 0.717) is 22.2 Å². The van der Waals surface area contributed by atoms with Gasteiger partial charge in [0.25, 0.3) is 5.91 Å². The van der Waals surface area contributed by atoms with Crippen molar-refractivity contribution in [3.8, 4) is 11.5 Å². The lowest BCUT2D eigenvalue weighted by Crippen LogP contribution is -2.50. The van der Waals surface area contributed by atoms with Gasteiger partial charge in [0.05, 0.1) is 24.7 Å². The number of piperazine rings is 1. The Morgan fingerprint density at radius 3 is 2.29 bits per heavy atom. The van der Waals surface area contributed by atoms with Gasteiger partial charge in [-0.25, -0.2) is 13.4 Å². The van der Waals surface area contributed by atoms with Crippen molar-refractivity contribution < 1.29 is 22.7 Å². The number of hydrogen-bond donors (Lipinski definition) is 0. The van der Waals surface area contributed by atoms with Gasteiger partial charge in [-0.15, -0.1) is 0 Å². The smallest absolute Gasteiger partial charge is 0.255 e. The molecule has 0 spiro atoms. The molecule has 0 unspecified atom stereocenters. The van der Waals surface area contributed by atoms with Crippen molar-refractivity contribution in [1.29, 1.82) is 0 Å². The summed E-state index contributed by atoms with van der Waals surface area (Å²) in [4.78, 5) is 18.2. The van der Waals surface area contributed by atoms with Crippen molar-refractivity contribution >= 4 is 27.5 Å². The normalized spacial score (nSPS) is 15.3. The average Bonchev–Trinajstić information content (AvgIpc) is 2.73. The Morgan fingerprint density at radius 1 is 1.04 bits per heavy atom. The number of amides is 1. The molecular weight excluding hydrogens is 406 g/mol. The quantitative estimate of drug-likeness (QED) is 0.680. The molecule has 28 heavy (non-hydrogen) atoms. The predicted molar refractivity (Wildman–Crippen MR) is 103 cm³/mol. The summed E-state index contributed by atoms with van der Waals surface area (Å²) < 4.78 is 37.6. The zero-order valence-electron chi connectivity index (χ0n) is 15.5. The minimum Gasteiger partial charge on any atom is -0.493 e. The third-order valence-corrected chi connectivity index (χ3v) is 6.61. The van der Waals surface area contributed by atoms with Crippen molar-refractivity contribution in [3.63, 3.8) is 0 Å². The number of benzene rings is 1. The molecular formula is C18H20ClN3O5S. The number of aromatic nitrogens is 1. The van der Waals surface area contributed by atoms with Gasteiger partial charge < -0.3 is 14.4 Å². The number of carbonyl (C=O) groups excluding carboxylic acids is 1. The maximum Gasteiger partial charge on any atom is 0.255 e.